The van der Waals surface area contributed by atoms with Gasteiger partial charge in [0.2, 0.25) is 0 Å². The van der Waals surface area contributed by atoms with E-state index in [1.54, 1.807) is 7.11 Å². The molecule has 4 aromatic rings. The summed E-state index contributed by atoms with van der Waals surface area (Å²) in [6, 6.07) is 24.8. The molecule has 4 aromatic carbocycles. The molecule has 0 aromatic heterocycles. The van der Waals surface area contributed by atoms with E-state index in [0.717, 1.165) is 49.9 Å². The zero-order chi connectivity index (χ0) is 23.5. The van der Waals surface area contributed by atoms with E-state index in [1.165, 1.54) is 0 Å². The minimum absolute atomic E-state index is 0.148. The van der Waals surface area contributed by atoms with E-state index < -0.39 is 5.97 Å². The summed E-state index contributed by atoms with van der Waals surface area (Å²) in [6.45, 7) is 6.57. The molecule has 1 unspecified atom stereocenters. The fourth-order valence-electron chi connectivity index (χ4n) is 4.47. The van der Waals surface area contributed by atoms with Crippen LogP contribution in [0.2, 0.25) is 0 Å². The van der Waals surface area contributed by atoms with Gasteiger partial charge in [-0.3, -0.25) is 0 Å². The molecule has 0 bridgehead atoms. The number of fused-ring (bicyclic) bond motifs is 1. The Morgan fingerprint density at radius 1 is 0.970 bits per heavy atom. The van der Waals surface area contributed by atoms with Crippen LogP contribution in [0.1, 0.15) is 45.6 Å². The van der Waals surface area contributed by atoms with Crippen LogP contribution in [0.4, 0.5) is 0 Å². The van der Waals surface area contributed by atoms with Crippen molar-refractivity contribution in [1.29, 1.82) is 0 Å². The number of hydrogen-bond acceptors (Lipinski definition) is 3. The SMILES string of the molecule is COc1cccc(C(C)NCc2cc(-c3ccc(C)c(C(=O)O)c3C)c3ccccc3c2)c1. The first-order chi connectivity index (χ1) is 15.9. The monoisotopic (exact) mass is 439 g/mol. The number of nitrogens with one attached hydrogen (secondary N) is 1. The molecule has 4 rings (SSSR count). The zero-order valence-electron chi connectivity index (χ0n) is 19.5. The molecule has 0 aliphatic heterocycles. The van der Waals surface area contributed by atoms with Crippen LogP contribution in [-0.4, -0.2) is 18.2 Å². The van der Waals surface area contributed by atoms with Gasteiger partial charge in [0.15, 0.2) is 0 Å². The van der Waals surface area contributed by atoms with E-state index in [4.69, 9.17) is 4.74 Å². The van der Waals surface area contributed by atoms with Crippen LogP contribution < -0.4 is 10.1 Å². The standard InChI is InChI=1S/C29H29NO3/c1-18-12-13-25(19(2)28(18)29(31)32)27-15-21(14-23-8-5-6-11-26(23)27)17-30-20(3)22-9-7-10-24(16-22)33-4/h5-16,20,30H,17H2,1-4H3,(H,31,32). The first-order valence-corrected chi connectivity index (χ1v) is 11.1. The van der Waals surface area contributed by atoms with Crippen LogP contribution in [-0.2, 0) is 6.54 Å². The molecule has 0 aliphatic rings. The average molecular weight is 440 g/mol. The van der Waals surface area contributed by atoms with Gasteiger partial charge >= 0.3 is 5.97 Å². The average Bonchev–Trinajstić information content (AvgIpc) is 2.82. The third kappa shape index (κ3) is 4.62. The van der Waals surface area contributed by atoms with E-state index in [2.05, 4.69) is 42.6 Å². The maximum absolute atomic E-state index is 11.9. The predicted octanol–water partition coefficient (Wildman–Crippen LogP) is 6.68. The van der Waals surface area contributed by atoms with Gasteiger partial charge in [-0.05, 0) is 89.2 Å². The van der Waals surface area contributed by atoms with E-state index in [9.17, 15) is 9.90 Å². The number of carbonyl (C=O) groups is 1. The number of ether oxygens (including phenoxy) is 1. The number of carboxylic acids is 1. The highest BCUT2D eigenvalue weighted by Gasteiger charge is 2.17. The van der Waals surface area contributed by atoms with Gasteiger partial charge in [0, 0.05) is 12.6 Å². The van der Waals surface area contributed by atoms with Gasteiger partial charge in [0.25, 0.3) is 0 Å². The van der Waals surface area contributed by atoms with E-state index in [-0.39, 0.29) is 6.04 Å². The molecule has 0 saturated heterocycles. The highest BCUT2D eigenvalue weighted by Crippen LogP contribution is 2.34. The number of carboxylic acid groups (broad SMARTS) is 1. The number of benzene rings is 4. The second kappa shape index (κ2) is 9.47. The molecule has 0 aliphatic carbocycles. The van der Waals surface area contributed by atoms with Gasteiger partial charge in [-0.25, -0.2) is 4.79 Å². The largest absolute Gasteiger partial charge is 0.497 e. The Balaban J connectivity index is 1.72. The first-order valence-electron chi connectivity index (χ1n) is 11.1. The van der Waals surface area contributed by atoms with Crippen molar-refractivity contribution in [1.82, 2.24) is 5.32 Å². The summed E-state index contributed by atoms with van der Waals surface area (Å²) in [4.78, 5) is 11.9. The predicted molar refractivity (Wildman–Crippen MR) is 134 cm³/mol. The molecule has 33 heavy (non-hydrogen) atoms. The van der Waals surface area contributed by atoms with Crippen molar-refractivity contribution in [2.24, 2.45) is 0 Å². The molecule has 0 spiro atoms. The van der Waals surface area contributed by atoms with Crippen LogP contribution in [0.5, 0.6) is 5.75 Å². The third-order valence-electron chi connectivity index (χ3n) is 6.31. The Bertz CT molecular complexity index is 1330. The van der Waals surface area contributed by atoms with E-state index >= 15 is 0 Å². The number of aromatic carboxylic acids is 1. The molecular formula is C29H29NO3. The molecule has 4 nitrogen and oxygen atoms in total. The molecule has 0 heterocycles. The minimum atomic E-state index is -0.888. The maximum Gasteiger partial charge on any atom is 0.336 e. The summed E-state index contributed by atoms with van der Waals surface area (Å²) in [5.74, 6) is -0.0423. The van der Waals surface area contributed by atoms with Gasteiger partial charge in [0.1, 0.15) is 5.75 Å². The first kappa shape index (κ1) is 22.6. The second-order valence-corrected chi connectivity index (χ2v) is 8.48. The molecule has 4 heteroatoms. The molecule has 0 fully saturated rings. The van der Waals surface area contributed by atoms with Crippen LogP contribution in [0.3, 0.4) is 0 Å². The lowest BCUT2D eigenvalue weighted by molar-refractivity contribution is 0.0695. The van der Waals surface area contributed by atoms with Gasteiger partial charge in [-0.15, -0.1) is 0 Å². The maximum atomic E-state index is 11.9. The highest BCUT2D eigenvalue weighted by atomic mass is 16.5. The van der Waals surface area contributed by atoms with Crippen LogP contribution in [0, 0.1) is 13.8 Å². The summed E-state index contributed by atoms with van der Waals surface area (Å²) in [7, 11) is 1.68. The molecule has 0 saturated carbocycles. The fourth-order valence-corrected chi connectivity index (χ4v) is 4.47. The Morgan fingerprint density at radius 2 is 1.76 bits per heavy atom. The highest BCUT2D eigenvalue weighted by molar-refractivity contribution is 6.00. The number of rotatable bonds is 7. The Morgan fingerprint density at radius 3 is 2.52 bits per heavy atom. The summed E-state index contributed by atoms with van der Waals surface area (Å²) in [5.41, 5.74) is 6.27. The Kier molecular flexibility index (Phi) is 6.47. The van der Waals surface area contributed by atoms with Crippen molar-refractivity contribution in [3.05, 3.63) is 101 Å². The van der Waals surface area contributed by atoms with Gasteiger partial charge in [-0.2, -0.15) is 0 Å². The van der Waals surface area contributed by atoms with Crippen LogP contribution in [0.25, 0.3) is 21.9 Å². The van der Waals surface area contributed by atoms with Gasteiger partial charge < -0.3 is 15.2 Å². The summed E-state index contributed by atoms with van der Waals surface area (Å²) in [5, 5.41) is 15.6. The Hall–Kier alpha value is -3.63. The zero-order valence-corrected chi connectivity index (χ0v) is 19.5. The van der Waals surface area contributed by atoms with Crippen LogP contribution in [0.15, 0.2) is 72.8 Å². The van der Waals surface area contributed by atoms with Gasteiger partial charge in [0.05, 0.1) is 12.7 Å². The number of aryl methyl sites for hydroxylation is 1. The second-order valence-electron chi connectivity index (χ2n) is 8.48. The van der Waals surface area contributed by atoms with E-state index in [0.29, 0.717) is 12.1 Å². The van der Waals surface area contributed by atoms with Crippen molar-refractivity contribution in [3.8, 4) is 16.9 Å². The smallest absolute Gasteiger partial charge is 0.336 e. The third-order valence-corrected chi connectivity index (χ3v) is 6.31. The minimum Gasteiger partial charge on any atom is -0.497 e. The summed E-state index contributed by atoms with van der Waals surface area (Å²) >= 11 is 0. The molecule has 2 N–H and O–H groups in total. The Labute approximate surface area is 194 Å². The van der Waals surface area contributed by atoms with E-state index in [1.807, 2.05) is 56.3 Å². The lowest BCUT2D eigenvalue weighted by atomic mass is 9.89. The number of methoxy groups -OCH3 is 1. The van der Waals surface area contributed by atoms with Crippen molar-refractivity contribution in [3.63, 3.8) is 0 Å². The molecule has 168 valence electrons. The van der Waals surface area contributed by atoms with Crippen molar-refractivity contribution in [2.75, 3.05) is 7.11 Å². The van der Waals surface area contributed by atoms with Gasteiger partial charge in [-0.1, -0.05) is 48.5 Å². The van der Waals surface area contributed by atoms with Crippen molar-refractivity contribution >= 4 is 16.7 Å². The summed E-state index contributed by atoms with van der Waals surface area (Å²) in [6.07, 6.45) is 0. The topological polar surface area (TPSA) is 58.6 Å². The van der Waals surface area contributed by atoms with Crippen molar-refractivity contribution < 1.29 is 14.6 Å². The van der Waals surface area contributed by atoms with Crippen molar-refractivity contribution in [2.45, 2.75) is 33.4 Å². The number of hydrogen-bond donors (Lipinski definition) is 2. The summed E-state index contributed by atoms with van der Waals surface area (Å²) < 4.78 is 5.36. The quantitative estimate of drug-likeness (QED) is 0.337. The molecular weight excluding hydrogens is 410 g/mol. The fraction of sp³-hybridized carbons (Fsp3) is 0.207. The molecule has 0 amide bonds. The molecule has 0 radical (unpaired) electrons. The lowest BCUT2D eigenvalue weighted by Gasteiger charge is -2.18. The van der Waals surface area contributed by atoms with Crippen LogP contribution >= 0.6 is 0 Å². The normalized spacial score (nSPS) is 12.0. The lowest BCUT2D eigenvalue weighted by Crippen LogP contribution is -2.18. The molecule has 1 atom stereocenters.